The van der Waals surface area contributed by atoms with Crippen molar-refractivity contribution in [2.45, 2.75) is 19.0 Å². The van der Waals surface area contributed by atoms with Crippen molar-refractivity contribution in [2.75, 3.05) is 46.4 Å². The fourth-order valence-electron chi connectivity index (χ4n) is 4.14. The standard InChI is InChI=1S/C23H29N3O2/c1-24-18-20-8-6-5-7-19(20)17-22(24)23(27)26-13-11-25(12-14-26)15-16-28-21-9-3-2-4-10-21/h2-10,22H,11-18H2,1H3/t22-/m1/s1. The van der Waals surface area contributed by atoms with E-state index in [4.69, 9.17) is 4.74 Å². The predicted octanol–water partition coefficient (Wildman–Crippen LogP) is 2.27. The van der Waals surface area contributed by atoms with Crippen molar-refractivity contribution in [3.05, 3.63) is 65.7 Å². The number of para-hydroxylation sites is 1. The second-order valence-corrected chi connectivity index (χ2v) is 7.73. The number of hydrogen-bond donors (Lipinski definition) is 0. The highest BCUT2D eigenvalue weighted by molar-refractivity contribution is 5.82. The lowest BCUT2D eigenvalue weighted by molar-refractivity contribution is -0.138. The van der Waals surface area contributed by atoms with Gasteiger partial charge in [-0.3, -0.25) is 14.6 Å². The van der Waals surface area contributed by atoms with Gasteiger partial charge in [-0.2, -0.15) is 0 Å². The van der Waals surface area contributed by atoms with Crippen LogP contribution in [-0.2, 0) is 17.8 Å². The van der Waals surface area contributed by atoms with Crippen molar-refractivity contribution in [2.24, 2.45) is 0 Å². The van der Waals surface area contributed by atoms with Gasteiger partial charge in [0.15, 0.2) is 0 Å². The van der Waals surface area contributed by atoms with E-state index in [9.17, 15) is 4.79 Å². The highest BCUT2D eigenvalue weighted by atomic mass is 16.5. The number of carbonyl (C=O) groups excluding carboxylic acids is 1. The molecule has 0 bridgehead atoms. The van der Waals surface area contributed by atoms with E-state index in [0.29, 0.717) is 6.61 Å². The van der Waals surface area contributed by atoms with Gasteiger partial charge in [-0.1, -0.05) is 42.5 Å². The number of piperazine rings is 1. The Bertz CT molecular complexity index is 787. The predicted molar refractivity (Wildman–Crippen MR) is 110 cm³/mol. The lowest BCUT2D eigenvalue weighted by atomic mass is 9.93. The maximum absolute atomic E-state index is 13.1. The topological polar surface area (TPSA) is 36.0 Å². The van der Waals surface area contributed by atoms with Crippen LogP contribution in [0.3, 0.4) is 0 Å². The van der Waals surface area contributed by atoms with Crippen LogP contribution < -0.4 is 4.74 Å². The first-order valence-electron chi connectivity index (χ1n) is 10.2. The Labute approximate surface area is 167 Å². The van der Waals surface area contributed by atoms with E-state index >= 15 is 0 Å². The molecule has 2 aromatic carbocycles. The van der Waals surface area contributed by atoms with E-state index in [1.54, 1.807) is 0 Å². The molecule has 0 spiro atoms. The molecule has 2 aliphatic rings. The molecule has 0 radical (unpaired) electrons. The van der Waals surface area contributed by atoms with Crippen LogP contribution in [0.5, 0.6) is 5.75 Å². The van der Waals surface area contributed by atoms with Crippen LogP contribution in [0, 0.1) is 0 Å². The molecule has 0 aliphatic carbocycles. The van der Waals surface area contributed by atoms with Gasteiger partial charge in [-0.25, -0.2) is 0 Å². The number of rotatable bonds is 5. The van der Waals surface area contributed by atoms with Crippen LogP contribution >= 0.6 is 0 Å². The third-order valence-corrected chi connectivity index (χ3v) is 5.87. The summed E-state index contributed by atoms with van der Waals surface area (Å²) in [5.74, 6) is 1.19. The molecule has 5 nitrogen and oxygen atoms in total. The molecule has 4 rings (SSSR count). The van der Waals surface area contributed by atoms with Crippen molar-refractivity contribution >= 4 is 5.91 Å². The first-order valence-corrected chi connectivity index (χ1v) is 10.2. The Hall–Kier alpha value is -2.37. The average molecular weight is 380 g/mol. The summed E-state index contributed by atoms with van der Waals surface area (Å²) in [6, 6.07) is 18.4. The fraction of sp³-hybridized carbons (Fsp3) is 0.435. The first kappa shape index (κ1) is 19.0. The molecule has 1 saturated heterocycles. The minimum absolute atomic E-state index is 0.0390. The van der Waals surface area contributed by atoms with E-state index in [0.717, 1.165) is 51.4 Å². The fourth-order valence-corrected chi connectivity index (χ4v) is 4.14. The number of hydrogen-bond acceptors (Lipinski definition) is 4. The smallest absolute Gasteiger partial charge is 0.240 e. The number of ether oxygens (including phenoxy) is 1. The molecule has 0 saturated carbocycles. The van der Waals surface area contributed by atoms with Gasteiger partial charge in [0.05, 0.1) is 6.04 Å². The summed E-state index contributed by atoms with van der Waals surface area (Å²) in [7, 11) is 2.07. The number of nitrogens with zero attached hydrogens (tertiary/aromatic N) is 3. The molecule has 0 aromatic heterocycles. The van der Waals surface area contributed by atoms with Crippen LogP contribution in [0.2, 0.25) is 0 Å². The monoisotopic (exact) mass is 379 g/mol. The van der Waals surface area contributed by atoms with Crippen molar-refractivity contribution < 1.29 is 9.53 Å². The van der Waals surface area contributed by atoms with E-state index < -0.39 is 0 Å². The summed E-state index contributed by atoms with van der Waals surface area (Å²) in [5, 5.41) is 0. The van der Waals surface area contributed by atoms with Gasteiger partial charge < -0.3 is 9.64 Å². The van der Waals surface area contributed by atoms with E-state index in [1.165, 1.54) is 11.1 Å². The van der Waals surface area contributed by atoms with Crippen LogP contribution in [0.1, 0.15) is 11.1 Å². The van der Waals surface area contributed by atoms with E-state index in [2.05, 4.69) is 41.1 Å². The van der Waals surface area contributed by atoms with Crippen molar-refractivity contribution in [3.8, 4) is 5.75 Å². The minimum Gasteiger partial charge on any atom is -0.492 e. The second kappa shape index (κ2) is 8.76. The van der Waals surface area contributed by atoms with Gasteiger partial charge in [0.2, 0.25) is 5.91 Å². The largest absolute Gasteiger partial charge is 0.492 e. The molecule has 1 fully saturated rings. The quantitative estimate of drug-likeness (QED) is 0.799. The highest BCUT2D eigenvalue weighted by Gasteiger charge is 2.33. The van der Waals surface area contributed by atoms with Crippen LogP contribution in [-0.4, -0.2) is 73.0 Å². The third-order valence-electron chi connectivity index (χ3n) is 5.87. The van der Waals surface area contributed by atoms with Gasteiger partial charge in [0.25, 0.3) is 0 Å². The number of fused-ring (bicyclic) bond motifs is 1. The molecule has 28 heavy (non-hydrogen) atoms. The van der Waals surface area contributed by atoms with Crippen molar-refractivity contribution in [1.82, 2.24) is 14.7 Å². The molecule has 1 amide bonds. The molecule has 148 valence electrons. The zero-order valence-electron chi connectivity index (χ0n) is 16.6. The Morgan fingerprint density at radius 1 is 0.964 bits per heavy atom. The Kier molecular flexibility index (Phi) is 5.93. The van der Waals surface area contributed by atoms with Crippen LogP contribution in [0.4, 0.5) is 0 Å². The number of likely N-dealkylation sites (N-methyl/N-ethyl adjacent to an activating group) is 1. The number of carbonyl (C=O) groups is 1. The van der Waals surface area contributed by atoms with E-state index in [1.807, 2.05) is 35.2 Å². The summed E-state index contributed by atoms with van der Waals surface area (Å²) in [5.41, 5.74) is 2.66. The molecule has 1 atom stereocenters. The number of amides is 1. The van der Waals surface area contributed by atoms with E-state index in [-0.39, 0.29) is 11.9 Å². The maximum Gasteiger partial charge on any atom is 0.240 e. The number of benzene rings is 2. The first-order chi connectivity index (χ1) is 13.7. The summed E-state index contributed by atoms with van der Waals surface area (Å²) < 4.78 is 5.80. The third kappa shape index (κ3) is 4.37. The normalized spacial score (nSPS) is 20.6. The Morgan fingerprint density at radius 3 is 2.39 bits per heavy atom. The molecular weight excluding hydrogens is 350 g/mol. The van der Waals surface area contributed by atoms with Gasteiger partial charge in [-0.05, 0) is 36.7 Å². The minimum atomic E-state index is -0.0390. The lowest BCUT2D eigenvalue weighted by Crippen LogP contribution is -2.56. The Balaban J connectivity index is 1.25. The van der Waals surface area contributed by atoms with Gasteiger partial charge in [-0.15, -0.1) is 0 Å². The van der Waals surface area contributed by atoms with Crippen LogP contribution in [0.25, 0.3) is 0 Å². The maximum atomic E-state index is 13.1. The van der Waals surface area contributed by atoms with Crippen molar-refractivity contribution in [1.29, 1.82) is 0 Å². The molecule has 2 aliphatic heterocycles. The van der Waals surface area contributed by atoms with Gasteiger partial charge >= 0.3 is 0 Å². The molecule has 0 unspecified atom stereocenters. The summed E-state index contributed by atoms with van der Waals surface area (Å²) in [6.45, 7) is 5.86. The lowest BCUT2D eigenvalue weighted by Gasteiger charge is -2.40. The zero-order chi connectivity index (χ0) is 19.3. The Morgan fingerprint density at radius 2 is 1.64 bits per heavy atom. The summed E-state index contributed by atoms with van der Waals surface area (Å²) in [6.07, 6.45) is 0.816. The van der Waals surface area contributed by atoms with Crippen LogP contribution in [0.15, 0.2) is 54.6 Å². The zero-order valence-corrected chi connectivity index (χ0v) is 16.6. The second-order valence-electron chi connectivity index (χ2n) is 7.73. The molecule has 2 heterocycles. The molecule has 5 heteroatoms. The van der Waals surface area contributed by atoms with Gasteiger partial charge in [0.1, 0.15) is 12.4 Å². The molecular formula is C23H29N3O2. The summed E-state index contributed by atoms with van der Waals surface area (Å²) in [4.78, 5) is 19.7. The summed E-state index contributed by atoms with van der Waals surface area (Å²) >= 11 is 0. The molecule has 2 aromatic rings. The highest BCUT2D eigenvalue weighted by Crippen LogP contribution is 2.23. The molecule has 0 N–H and O–H groups in total. The van der Waals surface area contributed by atoms with Crippen molar-refractivity contribution in [3.63, 3.8) is 0 Å². The van der Waals surface area contributed by atoms with Gasteiger partial charge in [0, 0.05) is 39.3 Å². The SMILES string of the molecule is CN1Cc2ccccc2C[C@@H]1C(=O)N1CCN(CCOc2ccccc2)CC1. The average Bonchev–Trinajstić information content (AvgIpc) is 2.74.